The van der Waals surface area contributed by atoms with Crippen molar-refractivity contribution in [2.75, 3.05) is 0 Å². The topological polar surface area (TPSA) is 95.5 Å². The van der Waals surface area contributed by atoms with Crippen LogP contribution >= 0.6 is 45.2 Å². The van der Waals surface area contributed by atoms with Crippen molar-refractivity contribution in [1.82, 2.24) is 0 Å². The zero-order valence-electron chi connectivity index (χ0n) is 11.6. The highest BCUT2D eigenvalue weighted by Crippen LogP contribution is 2.25. The number of hydrogen-bond acceptors (Lipinski definition) is 5. The molecule has 0 bridgehead atoms. The molecule has 0 aliphatic heterocycles. The smallest absolute Gasteiger partial charge is 0.275 e. The first-order valence-electron chi connectivity index (χ1n) is 6.32. The Kier molecular flexibility index (Phi) is 6.24. The fraction of sp³-hybridized carbons (Fsp3) is 0.143. The Morgan fingerprint density at radius 2 is 1.22 bits per heavy atom. The lowest BCUT2D eigenvalue weighted by Gasteiger charge is -2.07. The molecule has 0 aliphatic carbocycles. The molecular formula is C14H10I2N2O5. The second-order valence-corrected chi connectivity index (χ2v) is 7.04. The van der Waals surface area contributed by atoms with Crippen LogP contribution in [0.1, 0.15) is 11.1 Å². The van der Waals surface area contributed by atoms with Crippen LogP contribution in [-0.2, 0) is 18.0 Å². The summed E-state index contributed by atoms with van der Waals surface area (Å²) in [5.41, 5.74) is 0.829. The van der Waals surface area contributed by atoms with Crippen LogP contribution in [0.25, 0.3) is 0 Å². The van der Waals surface area contributed by atoms with E-state index in [1.807, 2.05) is 45.2 Å². The van der Waals surface area contributed by atoms with E-state index < -0.39 is 9.85 Å². The van der Waals surface area contributed by atoms with Crippen molar-refractivity contribution in [3.8, 4) is 0 Å². The van der Waals surface area contributed by atoms with Crippen molar-refractivity contribution < 1.29 is 14.6 Å². The van der Waals surface area contributed by atoms with Gasteiger partial charge in [0.15, 0.2) is 0 Å². The second-order valence-electron chi connectivity index (χ2n) is 4.55. The Bertz CT molecular complexity index is 703. The van der Waals surface area contributed by atoms with Gasteiger partial charge in [0.2, 0.25) is 0 Å². The third-order valence-electron chi connectivity index (χ3n) is 3.00. The monoisotopic (exact) mass is 540 g/mol. The second kappa shape index (κ2) is 7.97. The van der Waals surface area contributed by atoms with Crippen molar-refractivity contribution in [2.24, 2.45) is 0 Å². The quantitative estimate of drug-likeness (QED) is 0.307. The number of rotatable bonds is 6. The van der Waals surface area contributed by atoms with E-state index in [0.29, 0.717) is 11.1 Å². The average molecular weight is 540 g/mol. The maximum absolute atomic E-state index is 11.0. The Labute approximate surface area is 158 Å². The molecule has 0 saturated carbocycles. The largest absolute Gasteiger partial charge is 0.372 e. The summed E-state index contributed by atoms with van der Waals surface area (Å²) in [5.74, 6) is 0. The fourth-order valence-electron chi connectivity index (χ4n) is 1.93. The van der Waals surface area contributed by atoms with Crippen LogP contribution in [-0.4, -0.2) is 9.85 Å². The molecule has 120 valence electrons. The maximum atomic E-state index is 11.0. The van der Waals surface area contributed by atoms with E-state index in [1.54, 1.807) is 24.3 Å². The van der Waals surface area contributed by atoms with Crippen LogP contribution < -0.4 is 0 Å². The molecule has 0 spiro atoms. The lowest BCUT2D eigenvalue weighted by molar-refractivity contribution is -0.386. The van der Waals surface area contributed by atoms with Crippen LogP contribution in [0, 0.1) is 27.4 Å². The van der Waals surface area contributed by atoms with Crippen LogP contribution in [0.4, 0.5) is 11.4 Å². The van der Waals surface area contributed by atoms with Gasteiger partial charge in [0.1, 0.15) is 0 Å². The highest BCUT2D eigenvalue weighted by molar-refractivity contribution is 14.1. The summed E-state index contributed by atoms with van der Waals surface area (Å²) in [6, 6.07) is 9.68. The minimum absolute atomic E-state index is 0.0103. The van der Waals surface area contributed by atoms with Gasteiger partial charge >= 0.3 is 0 Å². The van der Waals surface area contributed by atoms with Gasteiger partial charge in [-0.15, -0.1) is 0 Å². The molecule has 9 heteroatoms. The molecule has 0 unspecified atom stereocenters. The van der Waals surface area contributed by atoms with Gasteiger partial charge in [-0.25, -0.2) is 0 Å². The van der Waals surface area contributed by atoms with Gasteiger partial charge < -0.3 is 4.74 Å². The van der Waals surface area contributed by atoms with E-state index in [4.69, 9.17) is 4.74 Å². The number of nitro groups is 2. The van der Waals surface area contributed by atoms with Gasteiger partial charge in [0.25, 0.3) is 11.4 Å². The summed E-state index contributed by atoms with van der Waals surface area (Å²) < 4.78 is 6.97. The standard InChI is InChI=1S/C14H10I2N2O5/c15-11-3-1-9(13(5-11)17(19)20)7-23-8-10-2-4-12(16)6-14(10)18(21)22/h1-6H,7-8H2. The third kappa shape index (κ3) is 4.81. The van der Waals surface area contributed by atoms with Gasteiger partial charge in [-0.2, -0.15) is 0 Å². The zero-order valence-corrected chi connectivity index (χ0v) is 15.9. The highest BCUT2D eigenvalue weighted by Gasteiger charge is 2.17. The molecule has 0 aromatic heterocycles. The lowest BCUT2D eigenvalue weighted by Crippen LogP contribution is -2.02. The maximum Gasteiger partial charge on any atom is 0.275 e. The lowest BCUT2D eigenvalue weighted by atomic mass is 10.2. The van der Waals surface area contributed by atoms with E-state index in [-0.39, 0.29) is 24.6 Å². The third-order valence-corrected chi connectivity index (χ3v) is 4.35. The molecule has 0 saturated heterocycles. The first kappa shape index (κ1) is 18.0. The normalized spacial score (nSPS) is 10.5. The van der Waals surface area contributed by atoms with Crippen molar-refractivity contribution in [3.63, 3.8) is 0 Å². The van der Waals surface area contributed by atoms with E-state index in [0.717, 1.165) is 7.14 Å². The molecule has 0 heterocycles. The van der Waals surface area contributed by atoms with E-state index in [2.05, 4.69) is 0 Å². The van der Waals surface area contributed by atoms with Gasteiger partial charge in [0, 0.05) is 19.3 Å². The molecule has 2 rings (SSSR count). The molecule has 0 amide bonds. The van der Waals surface area contributed by atoms with Gasteiger partial charge in [-0.05, 0) is 69.4 Å². The SMILES string of the molecule is O=[N+]([O-])c1cc(I)ccc1COCc1ccc(I)cc1[N+](=O)[O-]. The van der Waals surface area contributed by atoms with E-state index >= 15 is 0 Å². The summed E-state index contributed by atoms with van der Waals surface area (Å²) in [6.45, 7) is 0.0206. The molecule has 2 aromatic carbocycles. The van der Waals surface area contributed by atoms with Crippen LogP contribution in [0.5, 0.6) is 0 Å². The van der Waals surface area contributed by atoms with Crippen molar-refractivity contribution in [1.29, 1.82) is 0 Å². The van der Waals surface area contributed by atoms with Crippen molar-refractivity contribution in [2.45, 2.75) is 13.2 Å². The molecule has 0 fully saturated rings. The zero-order chi connectivity index (χ0) is 17.0. The average Bonchev–Trinajstić information content (AvgIpc) is 2.49. The number of ether oxygens (including phenoxy) is 1. The Morgan fingerprint density at radius 3 is 1.57 bits per heavy atom. The number of halogens is 2. The first-order chi connectivity index (χ1) is 10.9. The number of nitro benzene ring substituents is 2. The minimum atomic E-state index is -0.464. The summed E-state index contributed by atoms with van der Waals surface area (Å²) in [5, 5.41) is 22.1. The Morgan fingerprint density at radius 1 is 0.826 bits per heavy atom. The minimum Gasteiger partial charge on any atom is -0.372 e. The Hall–Kier alpha value is -1.34. The number of nitrogens with zero attached hydrogens (tertiary/aromatic N) is 2. The molecule has 7 nitrogen and oxygen atoms in total. The molecular weight excluding hydrogens is 530 g/mol. The predicted molar refractivity (Wildman–Crippen MR) is 100 cm³/mol. The van der Waals surface area contributed by atoms with Gasteiger partial charge in [-0.3, -0.25) is 20.2 Å². The first-order valence-corrected chi connectivity index (χ1v) is 8.47. The molecule has 0 radical (unpaired) electrons. The molecule has 0 atom stereocenters. The summed E-state index contributed by atoms with van der Waals surface area (Å²) in [4.78, 5) is 21.2. The summed E-state index contributed by atoms with van der Waals surface area (Å²) >= 11 is 3.99. The van der Waals surface area contributed by atoms with Crippen LogP contribution in [0.15, 0.2) is 36.4 Å². The van der Waals surface area contributed by atoms with Gasteiger partial charge in [0.05, 0.1) is 34.2 Å². The summed E-state index contributed by atoms with van der Waals surface area (Å²) in [7, 11) is 0. The molecule has 23 heavy (non-hydrogen) atoms. The van der Waals surface area contributed by atoms with E-state index in [1.165, 1.54) is 12.1 Å². The predicted octanol–water partition coefficient (Wildman–Crippen LogP) is 4.43. The van der Waals surface area contributed by atoms with Crippen LogP contribution in [0.3, 0.4) is 0 Å². The van der Waals surface area contributed by atoms with Gasteiger partial charge in [-0.1, -0.05) is 0 Å². The van der Waals surface area contributed by atoms with Crippen molar-refractivity contribution >= 4 is 56.6 Å². The number of benzene rings is 2. The van der Waals surface area contributed by atoms with Crippen LogP contribution in [0.2, 0.25) is 0 Å². The molecule has 0 aliphatic rings. The summed E-state index contributed by atoms with van der Waals surface area (Å²) in [6.07, 6.45) is 0. The number of hydrogen-bond donors (Lipinski definition) is 0. The molecule has 0 N–H and O–H groups in total. The fourth-order valence-corrected chi connectivity index (χ4v) is 2.88. The Balaban J connectivity index is 2.12. The van der Waals surface area contributed by atoms with E-state index in [9.17, 15) is 20.2 Å². The molecule has 2 aromatic rings. The highest BCUT2D eigenvalue weighted by atomic mass is 127. The van der Waals surface area contributed by atoms with Crippen molar-refractivity contribution in [3.05, 3.63) is 74.9 Å².